The molecule has 1 rings (SSSR count). The van der Waals surface area contributed by atoms with Crippen LogP contribution in [0.5, 0.6) is 0 Å². The number of hydrogen-bond acceptors (Lipinski definition) is 3. The van der Waals surface area contributed by atoms with Crippen molar-refractivity contribution in [2.24, 2.45) is 10.8 Å². The summed E-state index contributed by atoms with van der Waals surface area (Å²) < 4.78 is 0. The molecule has 0 aliphatic heterocycles. The van der Waals surface area contributed by atoms with Crippen LogP contribution in [-0.2, 0) is 0 Å². The highest BCUT2D eigenvalue weighted by atomic mass is 35.5. The number of hydrazine groups is 1. The summed E-state index contributed by atoms with van der Waals surface area (Å²) >= 11 is 11.6. The van der Waals surface area contributed by atoms with Crippen molar-refractivity contribution in [2.75, 3.05) is 0 Å². The quantitative estimate of drug-likeness (QED) is 0.299. The Morgan fingerprint density at radius 1 is 1.59 bits per heavy atom. The van der Waals surface area contributed by atoms with Crippen molar-refractivity contribution < 1.29 is 10.1 Å². The number of nitrogens with one attached hydrogen (secondary N) is 2. The second-order valence-electron chi connectivity index (χ2n) is 2.81. The highest BCUT2D eigenvalue weighted by Crippen LogP contribution is 2.17. The van der Waals surface area contributed by atoms with Gasteiger partial charge in [-0.15, -0.1) is 5.10 Å². The summed E-state index contributed by atoms with van der Waals surface area (Å²) in [5.41, 5.74) is 7.41. The van der Waals surface area contributed by atoms with Gasteiger partial charge in [0.1, 0.15) is 0 Å². The van der Waals surface area contributed by atoms with Crippen molar-refractivity contribution >= 4 is 35.4 Å². The lowest BCUT2D eigenvalue weighted by Gasteiger charge is -1.94. The molecule has 0 saturated heterocycles. The van der Waals surface area contributed by atoms with Gasteiger partial charge in [-0.1, -0.05) is 28.6 Å². The Balaban J connectivity index is 2.77. The average molecular weight is 277 g/mol. The second kappa shape index (κ2) is 6.02. The van der Waals surface area contributed by atoms with Crippen molar-refractivity contribution in [1.29, 1.82) is 0 Å². The van der Waals surface area contributed by atoms with Crippen molar-refractivity contribution in [3.8, 4) is 0 Å². The number of nitrogens with two attached hydrogens (primary N) is 1. The van der Waals surface area contributed by atoms with Gasteiger partial charge in [-0.05, 0) is 18.2 Å². The van der Waals surface area contributed by atoms with Crippen LogP contribution in [0.25, 0.3) is 0 Å². The molecule has 0 fully saturated rings. The Morgan fingerprint density at radius 3 is 2.94 bits per heavy atom. The van der Waals surface area contributed by atoms with Crippen molar-refractivity contribution in [3.63, 3.8) is 0 Å². The van der Waals surface area contributed by atoms with Crippen LogP contribution in [0, 0.1) is 10.1 Å². The standard InChI is InChI=1S/C8H7Cl2N5O2/c9-6-1-2-7(10)5(3-6)4-12-13-8(11)14-15(16)17/h1-4H,(H3,11,13,14)/p+1/b12-4-. The molecule has 1 aromatic carbocycles. The molecule has 0 saturated carbocycles. The number of benzene rings is 1. The number of nitro groups is 1. The van der Waals surface area contributed by atoms with E-state index in [4.69, 9.17) is 28.9 Å². The normalized spacial score (nSPS) is 11.8. The highest BCUT2D eigenvalue weighted by Gasteiger charge is 2.03. The highest BCUT2D eigenvalue weighted by molar-refractivity contribution is 6.34. The van der Waals surface area contributed by atoms with Gasteiger partial charge in [0.2, 0.25) is 6.21 Å². The first-order valence-electron chi connectivity index (χ1n) is 4.27. The molecule has 0 atom stereocenters. The van der Waals surface area contributed by atoms with Crippen LogP contribution >= 0.6 is 23.2 Å². The molecule has 0 unspecified atom stereocenters. The van der Waals surface area contributed by atoms with Gasteiger partial charge in [-0.2, -0.15) is 0 Å². The van der Waals surface area contributed by atoms with E-state index in [9.17, 15) is 10.1 Å². The van der Waals surface area contributed by atoms with Gasteiger partial charge >= 0.3 is 5.96 Å². The zero-order chi connectivity index (χ0) is 12.8. The SMILES string of the molecule is NC(=N/[NH+]=C\c1cc(Cl)ccc1Cl)N[N+](=O)[O-]. The van der Waals surface area contributed by atoms with Crippen LogP contribution in [0.2, 0.25) is 10.0 Å². The maximum absolute atomic E-state index is 10.00. The molecule has 0 amide bonds. The van der Waals surface area contributed by atoms with E-state index in [2.05, 4.69) is 10.2 Å². The summed E-state index contributed by atoms with van der Waals surface area (Å²) in [6, 6.07) is 4.84. The van der Waals surface area contributed by atoms with Gasteiger partial charge < -0.3 is 5.73 Å². The van der Waals surface area contributed by atoms with Crippen LogP contribution < -0.4 is 16.3 Å². The first-order valence-corrected chi connectivity index (χ1v) is 5.02. The molecule has 0 heterocycles. The fourth-order valence-corrected chi connectivity index (χ4v) is 1.27. The lowest BCUT2D eigenvalue weighted by Crippen LogP contribution is -2.64. The Kier molecular flexibility index (Phi) is 4.68. The summed E-state index contributed by atoms with van der Waals surface area (Å²) in [7, 11) is 0. The number of rotatable bonds is 3. The van der Waals surface area contributed by atoms with Crippen LogP contribution in [0.15, 0.2) is 23.3 Å². The van der Waals surface area contributed by atoms with Crippen LogP contribution in [0.1, 0.15) is 5.56 Å². The zero-order valence-electron chi connectivity index (χ0n) is 8.35. The molecule has 0 spiro atoms. The van der Waals surface area contributed by atoms with E-state index < -0.39 is 5.03 Å². The maximum Gasteiger partial charge on any atom is 0.319 e. The van der Waals surface area contributed by atoms with Gasteiger partial charge in [0.05, 0.1) is 10.6 Å². The minimum atomic E-state index is -0.827. The molecule has 0 radical (unpaired) electrons. The van der Waals surface area contributed by atoms with Crippen LogP contribution in [0.4, 0.5) is 0 Å². The number of halogens is 2. The Hall–Kier alpha value is -1.86. The third-order valence-corrected chi connectivity index (χ3v) is 2.15. The molecule has 0 bridgehead atoms. The summed E-state index contributed by atoms with van der Waals surface area (Å²) in [6.45, 7) is 0. The number of hydrogen-bond donors (Lipinski definition) is 3. The van der Waals surface area contributed by atoms with Gasteiger partial charge in [0.25, 0.3) is 0 Å². The Labute approximate surface area is 106 Å². The summed E-state index contributed by atoms with van der Waals surface area (Å²) in [6.07, 6.45) is 1.41. The van der Waals surface area contributed by atoms with E-state index in [0.717, 1.165) is 0 Å². The fraction of sp³-hybridized carbons (Fsp3) is 0. The largest absolute Gasteiger partial charge is 0.360 e. The third kappa shape index (κ3) is 4.66. The molecule has 4 N–H and O–H groups in total. The minimum absolute atomic E-state index is 0.385. The number of hydrazone groups is 1. The van der Waals surface area contributed by atoms with E-state index in [1.807, 2.05) is 0 Å². The molecule has 17 heavy (non-hydrogen) atoms. The lowest BCUT2D eigenvalue weighted by atomic mass is 10.2. The van der Waals surface area contributed by atoms with E-state index in [-0.39, 0.29) is 5.96 Å². The van der Waals surface area contributed by atoms with Gasteiger partial charge in [-0.25, -0.2) is 10.1 Å². The van der Waals surface area contributed by atoms with Crippen molar-refractivity contribution in [3.05, 3.63) is 43.9 Å². The molecule has 9 heteroatoms. The molecular formula is C8H8Cl2N5O2+. The summed E-state index contributed by atoms with van der Waals surface area (Å²) in [5, 5.41) is 16.0. The lowest BCUT2D eigenvalue weighted by molar-refractivity contribution is -0.528. The molecule has 1 aromatic rings. The summed E-state index contributed by atoms with van der Waals surface area (Å²) in [5.74, 6) is -0.385. The van der Waals surface area contributed by atoms with E-state index in [1.54, 1.807) is 23.6 Å². The summed E-state index contributed by atoms with van der Waals surface area (Å²) in [4.78, 5) is 10.00. The number of guanidine groups is 1. The Bertz CT molecular complexity index is 489. The third-order valence-electron chi connectivity index (χ3n) is 1.57. The predicted molar refractivity (Wildman–Crippen MR) is 64.3 cm³/mol. The van der Waals surface area contributed by atoms with Crippen molar-refractivity contribution in [2.45, 2.75) is 0 Å². The fourth-order valence-electron chi connectivity index (χ4n) is 0.915. The van der Waals surface area contributed by atoms with Gasteiger partial charge in [-0.3, -0.25) is 0 Å². The molecular weight excluding hydrogens is 269 g/mol. The first kappa shape index (κ1) is 13.2. The first-order chi connectivity index (χ1) is 7.99. The van der Waals surface area contributed by atoms with E-state index in [1.165, 1.54) is 6.21 Å². The predicted octanol–water partition coefficient (Wildman–Crippen LogP) is -0.496. The molecule has 0 aromatic heterocycles. The maximum atomic E-state index is 10.00. The van der Waals surface area contributed by atoms with E-state index in [0.29, 0.717) is 15.6 Å². The van der Waals surface area contributed by atoms with Crippen molar-refractivity contribution in [1.82, 2.24) is 5.43 Å². The molecule has 90 valence electrons. The monoisotopic (exact) mass is 276 g/mol. The zero-order valence-corrected chi connectivity index (χ0v) is 9.87. The van der Waals surface area contributed by atoms with Crippen LogP contribution in [-0.4, -0.2) is 17.2 Å². The van der Waals surface area contributed by atoms with Crippen LogP contribution in [0.3, 0.4) is 0 Å². The van der Waals surface area contributed by atoms with E-state index >= 15 is 0 Å². The molecule has 0 aliphatic carbocycles. The topological polar surface area (TPSA) is 108 Å². The Morgan fingerprint density at radius 2 is 2.29 bits per heavy atom. The second-order valence-corrected chi connectivity index (χ2v) is 3.65. The van der Waals surface area contributed by atoms with Gasteiger partial charge in [0.15, 0.2) is 5.03 Å². The smallest absolute Gasteiger partial charge is 0.319 e. The van der Waals surface area contributed by atoms with Gasteiger partial charge in [0, 0.05) is 10.1 Å². The molecule has 0 aliphatic rings. The minimum Gasteiger partial charge on any atom is -0.360 e. The number of nitrogens with zero attached hydrogens (tertiary/aromatic N) is 2. The molecule has 7 nitrogen and oxygen atoms in total. The average Bonchev–Trinajstić information content (AvgIpc) is 2.22.